The summed E-state index contributed by atoms with van der Waals surface area (Å²) in [5.41, 5.74) is 1.73. The summed E-state index contributed by atoms with van der Waals surface area (Å²) in [6, 6.07) is 13.9. The van der Waals surface area contributed by atoms with E-state index in [0.717, 1.165) is 17.7 Å². The molecule has 0 aliphatic carbocycles. The van der Waals surface area contributed by atoms with Crippen molar-refractivity contribution in [3.05, 3.63) is 83.8 Å². The fourth-order valence-corrected chi connectivity index (χ4v) is 3.11. The van der Waals surface area contributed by atoms with Crippen LogP contribution >= 0.6 is 0 Å². The number of anilines is 1. The Morgan fingerprint density at radius 3 is 2.75 bits per heavy atom. The van der Waals surface area contributed by atoms with Gasteiger partial charge >= 0.3 is 6.18 Å². The molecule has 0 fully saturated rings. The molecule has 0 atom stereocenters. The predicted molar refractivity (Wildman–Crippen MR) is 111 cm³/mol. The number of hydrogen-bond acceptors (Lipinski definition) is 4. The Kier molecular flexibility index (Phi) is 5.67. The summed E-state index contributed by atoms with van der Waals surface area (Å²) in [6.45, 7) is 0.129. The molecular formula is C22H18F3N5O2. The van der Waals surface area contributed by atoms with Crippen molar-refractivity contribution in [3.8, 4) is 17.0 Å². The average Bonchev–Trinajstić information content (AvgIpc) is 3.43. The van der Waals surface area contributed by atoms with Crippen LogP contribution in [-0.2, 0) is 12.7 Å². The molecule has 4 rings (SSSR count). The first-order chi connectivity index (χ1) is 15.3. The third kappa shape index (κ3) is 4.80. The van der Waals surface area contributed by atoms with E-state index in [1.165, 1.54) is 23.1 Å². The first-order valence-corrected chi connectivity index (χ1v) is 9.51. The molecule has 32 heavy (non-hydrogen) atoms. The van der Waals surface area contributed by atoms with Crippen molar-refractivity contribution in [1.29, 1.82) is 0 Å². The van der Waals surface area contributed by atoms with Crippen molar-refractivity contribution in [2.75, 3.05) is 12.4 Å². The summed E-state index contributed by atoms with van der Waals surface area (Å²) in [4.78, 5) is 12.5. The molecule has 0 spiro atoms. The maximum atomic E-state index is 12.9. The predicted octanol–water partition coefficient (Wildman–Crippen LogP) is 4.60. The lowest BCUT2D eigenvalue weighted by Gasteiger charge is -2.08. The number of nitrogens with one attached hydrogen (secondary N) is 2. The van der Waals surface area contributed by atoms with Crippen LogP contribution in [0.4, 0.5) is 18.9 Å². The van der Waals surface area contributed by atoms with Gasteiger partial charge in [-0.25, -0.2) is 0 Å². The summed E-state index contributed by atoms with van der Waals surface area (Å²) < 4.78 is 45.3. The highest BCUT2D eigenvalue weighted by atomic mass is 19.4. The maximum absolute atomic E-state index is 12.9. The van der Waals surface area contributed by atoms with Crippen molar-refractivity contribution < 1.29 is 22.7 Å². The lowest BCUT2D eigenvalue weighted by molar-refractivity contribution is -0.137. The number of alkyl halides is 3. The molecule has 0 radical (unpaired) electrons. The summed E-state index contributed by atoms with van der Waals surface area (Å²) >= 11 is 0. The molecule has 2 N–H and O–H groups in total. The summed E-state index contributed by atoms with van der Waals surface area (Å²) in [7, 11) is 1.57. The first kappa shape index (κ1) is 21.2. The van der Waals surface area contributed by atoms with Crippen LogP contribution in [0.2, 0.25) is 0 Å². The lowest BCUT2D eigenvalue weighted by Crippen LogP contribution is -2.12. The largest absolute Gasteiger partial charge is 0.497 e. The second-order valence-corrected chi connectivity index (χ2v) is 6.98. The van der Waals surface area contributed by atoms with E-state index in [2.05, 4.69) is 20.6 Å². The highest BCUT2D eigenvalue weighted by Gasteiger charge is 2.30. The fraction of sp³-hybridized carbons (Fsp3) is 0.136. The van der Waals surface area contributed by atoms with Crippen LogP contribution in [0.25, 0.3) is 11.3 Å². The molecule has 4 aromatic rings. The lowest BCUT2D eigenvalue weighted by atomic mass is 10.1. The van der Waals surface area contributed by atoms with Crippen LogP contribution < -0.4 is 10.1 Å². The molecular weight excluding hydrogens is 423 g/mol. The van der Waals surface area contributed by atoms with Gasteiger partial charge in [0.05, 0.1) is 36.8 Å². The van der Waals surface area contributed by atoms with E-state index in [4.69, 9.17) is 4.74 Å². The zero-order chi connectivity index (χ0) is 22.7. The van der Waals surface area contributed by atoms with Crippen molar-refractivity contribution in [1.82, 2.24) is 20.0 Å². The number of methoxy groups -OCH3 is 1. The molecule has 0 bridgehead atoms. The van der Waals surface area contributed by atoms with Gasteiger partial charge in [0.15, 0.2) is 0 Å². The van der Waals surface area contributed by atoms with Crippen molar-refractivity contribution >= 4 is 11.6 Å². The Balaban J connectivity index is 1.43. The third-order valence-corrected chi connectivity index (χ3v) is 4.68. The number of halogens is 3. The number of hydrogen-bond donors (Lipinski definition) is 2. The number of H-pyrrole nitrogens is 1. The minimum absolute atomic E-state index is 0.129. The average molecular weight is 441 g/mol. The molecule has 2 aromatic heterocycles. The Hall–Kier alpha value is -4.08. The summed E-state index contributed by atoms with van der Waals surface area (Å²) in [5, 5.41) is 13.6. The van der Waals surface area contributed by atoms with Gasteiger partial charge in [-0.15, -0.1) is 0 Å². The first-order valence-electron chi connectivity index (χ1n) is 9.51. The van der Waals surface area contributed by atoms with Crippen LogP contribution in [0.5, 0.6) is 5.75 Å². The Labute approximate surface area is 180 Å². The zero-order valence-electron chi connectivity index (χ0n) is 16.8. The number of amides is 1. The van der Waals surface area contributed by atoms with E-state index in [-0.39, 0.29) is 12.2 Å². The highest BCUT2D eigenvalue weighted by Crippen LogP contribution is 2.29. The Morgan fingerprint density at radius 1 is 1.16 bits per heavy atom. The number of ether oxygens (including phenoxy) is 1. The quantitative estimate of drug-likeness (QED) is 0.458. The molecule has 0 aliphatic heterocycles. The number of aromatic nitrogens is 4. The number of aromatic amines is 1. The van der Waals surface area contributed by atoms with Crippen LogP contribution in [0, 0.1) is 0 Å². The van der Waals surface area contributed by atoms with Crippen LogP contribution in [0.1, 0.15) is 21.6 Å². The molecule has 7 nitrogen and oxygen atoms in total. The monoisotopic (exact) mass is 441 g/mol. The van der Waals surface area contributed by atoms with Crippen molar-refractivity contribution in [2.24, 2.45) is 0 Å². The number of rotatable bonds is 6. The summed E-state index contributed by atoms with van der Waals surface area (Å²) in [6.07, 6.45) is -1.45. The topological polar surface area (TPSA) is 84.8 Å². The highest BCUT2D eigenvalue weighted by molar-refractivity contribution is 6.03. The van der Waals surface area contributed by atoms with Gasteiger partial charge in [-0.3, -0.25) is 14.6 Å². The van der Waals surface area contributed by atoms with Gasteiger partial charge in [0.2, 0.25) is 0 Å². The Bertz CT molecular complexity index is 1250. The zero-order valence-corrected chi connectivity index (χ0v) is 16.8. The minimum atomic E-state index is -4.41. The molecule has 0 saturated carbocycles. The van der Waals surface area contributed by atoms with Gasteiger partial charge in [-0.05, 0) is 35.9 Å². The second kappa shape index (κ2) is 8.58. The normalized spacial score (nSPS) is 11.4. The molecule has 2 heterocycles. The number of nitrogens with zero attached hydrogens (tertiary/aromatic N) is 3. The van der Waals surface area contributed by atoms with Gasteiger partial charge in [0.25, 0.3) is 5.91 Å². The molecule has 10 heteroatoms. The molecule has 1 amide bonds. The van der Waals surface area contributed by atoms with Crippen molar-refractivity contribution in [3.63, 3.8) is 0 Å². The standard InChI is InChI=1S/C22H18F3N5O2/c1-32-18-7-3-5-15(9-18)19-10-20(29-28-19)21(31)27-17-11-26-30(13-17)12-14-4-2-6-16(8-14)22(23,24)25/h2-11,13H,12H2,1H3,(H,27,31)(H,28,29). The molecule has 0 saturated heterocycles. The van der Waals surface area contributed by atoms with Gasteiger partial charge in [-0.1, -0.05) is 24.3 Å². The van der Waals surface area contributed by atoms with Crippen LogP contribution in [-0.4, -0.2) is 33.0 Å². The SMILES string of the molecule is COc1cccc(-c2cc(C(=O)Nc3cnn(Cc4cccc(C(F)(F)F)c4)c3)[nH]n2)c1. The van der Waals surface area contributed by atoms with Crippen LogP contribution in [0.15, 0.2) is 67.0 Å². The Morgan fingerprint density at radius 2 is 1.97 bits per heavy atom. The summed E-state index contributed by atoms with van der Waals surface area (Å²) in [5.74, 6) is 0.245. The van der Waals surface area contributed by atoms with Crippen LogP contribution in [0.3, 0.4) is 0 Å². The minimum Gasteiger partial charge on any atom is -0.497 e. The van der Waals surface area contributed by atoms with E-state index in [9.17, 15) is 18.0 Å². The van der Waals surface area contributed by atoms with E-state index in [0.29, 0.717) is 22.7 Å². The maximum Gasteiger partial charge on any atom is 0.416 e. The van der Waals surface area contributed by atoms with Gasteiger partial charge in [0.1, 0.15) is 11.4 Å². The number of benzene rings is 2. The molecule has 2 aromatic carbocycles. The fourth-order valence-electron chi connectivity index (χ4n) is 3.11. The van der Waals surface area contributed by atoms with Gasteiger partial charge < -0.3 is 10.1 Å². The third-order valence-electron chi connectivity index (χ3n) is 4.68. The molecule has 164 valence electrons. The van der Waals surface area contributed by atoms with E-state index in [1.54, 1.807) is 31.4 Å². The van der Waals surface area contributed by atoms with Gasteiger partial charge in [-0.2, -0.15) is 23.4 Å². The van der Waals surface area contributed by atoms with Crippen molar-refractivity contribution in [2.45, 2.75) is 12.7 Å². The number of carbonyl (C=O) groups is 1. The smallest absolute Gasteiger partial charge is 0.416 e. The second-order valence-electron chi connectivity index (χ2n) is 6.98. The van der Waals surface area contributed by atoms with Gasteiger partial charge in [0, 0.05) is 11.8 Å². The number of carbonyl (C=O) groups excluding carboxylic acids is 1. The van der Waals surface area contributed by atoms with E-state index in [1.807, 2.05) is 12.1 Å². The molecule has 0 unspecified atom stereocenters. The van der Waals surface area contributed by atoms with E-state index >= 15 is 0 Å². The molecule has 0 aliphatic rings. The van der Waals surface area contributed by atoms with E-state index < -0.39 is 17.6 Å².